The Hall–Kier alpha value is -1.27. The molecule has 2 N–H and O–H groups in total. The largest absolute Gasteiger partial charge is 0.405 e. The van der Waals surface area contributed by atoms with Crippen LogP contribution >= 0.6 is 0 Å². The maximum absolute atomic E-state index is 12.6. The molecular formula is C15H23F3N2O. The first kappa shape index (κ1) is 17.8. The van der Waals surface area contributed by atoms with Crippen LogP contribution in [0.4, 0.5) is 18.9 Å². The van der Waals surface area contributed by atoms with Crippen LogP contribution in [-0.2, 0) is 6.54 Å². The van der Waals surface area contributed by atoms with Gasteiger partial charge in [-0.1, -0.05) is 13.0 Å². The van der Waals surface area contributed by atoms with Gasteiger partial charge < -0.3 is 15.3 Å². The smallest absolute Gasteiger partial charge is 0.395 e. The van der Waals surface area contributed by atoms with Crippen molar-refractivity contribution >= 4 is 5.69 Å². The van der Waals surface area contributed by atoms with Gasteiger partial charge in [-0.3, -0.25) is 0 Å². The van der Waals surface area contributed by atoms with Crippen molar-refractivity contribution in [2.75, 3.05) is 31.1 Å². The average molecular weight is 304 g/mol. The lowest BCUT2D eigenvalue weighted by Crippen LogP contribution is -2.36. The van der Waals surface area contributed by atoms with Crippen LogP contribution in [0, 0.1) is 6.92 Å². The molecule has 0 fully saturated rings. The third-order valence-electron chi connectivity index (χ3n) is 3.17. The summed E-state index contributed by atoms with van der Waals surface area (Å²) in [5.41, 5.74) is 2.50. The molecule has 0 spiro atoms. The summed E-state index contributed by atoms with van der Waals surface area (Å²) >= 11 is 0. The van der Waals surface area contributed by atoms with Gasteiger partial charge in [-0.15, -0.1) is 0 Å². The van der Waals surface area contributed by atoms with E-state index in [2.05, 4.69) is 12.2 Å². The van der Waals surface area contributed by atoms with E-state index >= 15 is 0 Å². The number of nitrogens with zero attached hydrogens (tertiary/aromatic N) is 1. The Morgan fingerprint density at radius 3 is 2.52 bits per heavy atom. The number of aliphatic hydroxyl groups is 1. The minimum Gasteiger partial charge on any atom is -0.395 e. The lowest BCUT2D eigenvalue weighted by molar-refractivity contribution is -0.119. The summed E-state index contributed by atoms with van der Waals surface area (Å²) in [6.07, 6.45) is -3.25. The van der Waals surface area contributed by atoms with Gasteiger partial charge >= 0.3 is 6.18 Å². The first-order chi connectivity index (χ1) is 9.87. The van der Waals surface area contributed by atoms with E-state index in [9.17, 15) is 13.2 Å². The number of alkyl halides is 3. The summed E-state index contributed by atoms with van der Waals surface area (Å²) in [4.78, 5) is 1.15. The molecule has 0 radical (unpaired) electrons. The zero-order valence-corrected chi connectivity index (χ0v) is 12.5. The van der Waals surface area contributed by atoms with Crippen LogP contribution in [0.1, 0.15) is 24.5 Å². The molecule has 1 aromatic carbocycles. The molecule has 0 atom stereocenters. The van der Waals surface area contributed by atoms with Crippen LogP contribution in [0.15, 0.2) is 18.2 Å². The molecule has 21 heavy (non-hydrogen) atoms. The first-order valence-corrected chi connectivity index (χ1v) is 7.10. The van der Waals surface area contributed by atoms with Crippen LogP contribution in [0.3, 0.4) is 0 Å². The van der Waals surface area contributed by atoms with Gasteiger partial charge in [0, 0.05) is 18.8 Å². The van der Waals surface area contributed by atoms with Crippen molar-refractivity contribution in [1.29, 1.82) is 0 Å². The topological polar surface area (TPSA) is 35.5 Å². The molecule has 0 unspecified atom stereocenters. The lowest BCUT2D eigenvalue weighted by atomic mass is 10.1. The Bertz CT molecular complexity index is 435. The van der Waals surface area contributed by atoms with Crippen molar-refractivity contribution in [1.82, 2.24) is 5.32 Å². The summed E-state index contributed by atoms with van der Waals surface area (Å²) in [7, 11) is 0. The second-order valence-electron chi connectivity index (χ2n) is 5.05. The standard InChI is InChI=1S/C15H23F3N2O/c1-3-6-19-10-13-4-5-14(9-12(13)2)20(7-8-21)11-15(16,17)18/h4-5,9,19,21H,3,6-8,10-11H2,1-2H3. The van der Waals surface area contributed by atoms with Crippen molar-refractivity contribution in [3.8, 4) is 0 Å². The number of anilines is 1. The van der Waals surface area contributed by atoms with Gasteiger partial charge in [0.2, 0.25) is 0 Å². The number of benzene rings is 1. The average Bonchev–Trinajstić information content (AvgIpc) is 2.39. The Kier molecular flexibility index (Phi) is 6.98. The number of aryl methyl sites for hydroxylation is 1. The minimum atomic E-state index is -4.29. The molecule has 1 rings (SSSR count). The second kappa shape index (κ2) is 8.24. The summed E-state index contributed by atoms with van der Waals surface area (Å²) < 4.78 is 37.7. The predicted molar refractivity (Wildman–Crippen MR) is 78.5 cm³/mol. The summed E-state index contributed by atoms with van der Waals surface area (Å²) in [6, 6.07) is 5.26. The number of rotatable bonds is 8. The molecule has 6 heteroatoms. The Labute approximate surface area is 123 Å². The SMILES string of the molecule is CCCNCc1ccc(N(CCO)CC(F)(F)F)cc1C. The molecule has 3 nitrogen and oxygen atoms in total. The zero-order valence-electron chi connectivity index (χ0n) is 12.5. The number of halogens is 3. The molecule has 0 aromatic heterocycles. The van der Waals surface area contributed by atoms with E-state index in [-0.39, 0.29) is 13.2 Å². The highest BCUT2D eigenvalue weighted by Gasteiger charge is 2.30. The molecule has 120 valence electrons. The van der Waals surface area contributed by atoms with Crippen molar-refractivity contribution in [3.05, 3.63) is 29.3 Å². The molecule has 0 bridgehead atoms. The van der Waals surface area contributed by atoms with E-state index < -0.39 is 12.7 Å². The summed E-state index contributed by atoms with van der Waals surface area (Å²) in [6.45, 7) is 4.18. The lowest BCUT2D eigenvalue weighted by Gasteiger charge is -2.26. The Morgan fingerprint density at radius 1 is 1.29 bits per heavy atom. The highest BCUT2D eigenvalue weighted by atomic mass is 19.4. The highest BCUT2D eigenvalue weighted by Crippen LogP contribution is 2.24. The Balaban J connectivity index is 2.82. The van der Waals surface area contributed by atoms with Gasteiger partial charge in [0.15, 0.2) is 0 Å². The number of hydrogen-bond donors (Lipinski definition) is 2. The number of aliphatic hydroxyl groups excluding tert-OH is 1. The van der Waals surface area contributed by atoms with Gasteiger partial charge in [0.25, 0.3) is 0 Å². The maximum Gasteiger partial charge on any atom is 0.405 e. The third-order valence-corrected chi connectivity index (χ3v) is 3.17. The molecule has 0 saturated heterocycles. The zero-order chi connectivity index (χ0) is 15.9. The fourth-order valence-electron chi connectivity index (χ4n) is 2.11. The number of nitrogens with one attached hydrogen (secondary N) is 1. The molecule has 0 aliphatic heterocycles. The molecule has 0 aliphatic rings. The van der Waals surface area contributed by atoms with Crippen LogP contribution in [-0.4, -0.2) is 37.5 Å². The van der Waals surface area contributed by atoms with Crippen molar-refractivity contribution in [2.45, 2.75) is 33.0 Å². The molecule has 1 aromatic rings. The van der Waals surface area contributed by atoms with E-state index in [1.165, 1.54) is 0 Å². The molecular weight excluding hydrogens is 281 g/mol. The monoisotopic (exact) mass is 304 g/mol. The van der Waals surface area contributed by atoms with Gasteiger partial charge in [-0.25, -0.2) is 0 Å². The normalized spacial score (nSPS) is 11.7. The van der Waals surface area contributed by atoms with Crippen LogP contribution in [0.5, 0.6) is 0 Å². The Morgan fingerprint density at radius 2 is 2.00 bits per heavy atom. The highest BCUT2D eigenvalue weighted by molar-refractivity contribution is 5.51. The number of hydrogen-bond acceptors (Lipinski definition) is 3. The fraction of sp³-hybridized carbons (Fsp3) is 0.600. The summed E-state index contributed by atoms with van der Waals surface area (Å²) in [5, 5.41) is 12.2. The molecule has 0 heterocycles. The van der Waals surface area contributed by atoms with E-state index in [0.717, 1.165) is 29.0 Å². The molecule has 0 saturated carbocycles. The van der Waals surface area contributed by atoms with Crippen LogP contribution in [0.25, 0.3) is 0 Å². The predicted octanol–water partition coefficient (Wildman–Crippen LogP) is 2.86. The van der Waals surface area contributed by atoms with Gasteiger partial charge in [-0.2, -0.15) is 13.2 Å². The minimum absolute atomic E-state index is 0.0353. The van der Waals surface area contributed by atoms with Gasteiger partial charge in [0.05, 0.1) is 6.61 Å². The first-order valence-electron chi connectivity index (χ1n) is 7.10. The van der Waals surface area contributed by atoms with Gasteiger partial charge in [0.1, 0.15) is 6.54 Å². The third kappa shape index (κ3) is 6.35. The van der Waals surface area contributed by atoms with Crippen molar-refractivity contribution in [2.24, 2.45) is 0 Å². The maximum atomic E-state index is 12.6. The molecule has 0 aliphatic carbocycles. The van der Waals surface area contributed by atoms with Crippen molar-refractivity contribution < 1.29 is 18.3 Å². The van der Waals surface area contributed by atoms with E-state index in [4.69, 9.17) is 5.11 Å². The van der Waals surface area contributed by atoms with E-state index in [1.807, 2.05) is 13.0 Å². The van der Waals surface area contributed by atoms with Crippen molar-refractivity contribution in [3.63, 3.8) is 0 Å². The summed E-state index contributed by atoms with van der Waals surface area (Å²) in [5.74, 6) is 0. The fourth-order valence-corrected chi connectivity index (χ4v) is 2.11. The molecule has 0 amide bonds. The van der Waals surface area contributed by atoms with E-state index in [0.29, 0.717) is 12.2 Å². The second-order valence-corrected chi connectivity index (χ2v) is 5.05. The van der Waals surface area contributed by atoms with E-state index in [1.54, 1.807) is 12.1 Å². The van der Waals surface area contributed by atoms with Crippen LogP contribution in [0.2, 0.25) is 0 Å². The quantitative estimate of drug-likeness (QED) is 0.725. The van der Waals surface area contributed by atoms with Crippen LogP contribution < -0.4 is 10.2 Å². The van der Waals surface area contributed by atoms with Gasteiger partial charge in [-0.05, 0) is 43.1 Å².